The van der Waals surface area contributed by atoms with Gasteiger partial charge in [-0.2, -0.15) is 0 Å². The molecular formula is C12H16O4. The quantitative estimate of drug-likeness (QED) is 0.623. The van der Waals surface area contributed by atoms with Crippen molar-refractivity contribution in [3.63, 3.8) is 0 Å². The Morgan fingerprint density at radius 1 is 1.06 bits per heavy atom. The first-order chi connectivity index (χ1) is 7.78. The van der Waals surface area contributed by atoms with Gasteiger partial charge in [-0.1, -0.05) is 18.7 Å². The van der Waals surface area contributed by atoms with E-state index < -0.39 is 0 Å². The van der Waals surface area contributed by atoms with Gasteiger partial charge in [-0.3, -0.25) is 0 Å². The number of hydrogen-bond acceptors (Lipinski definition) is 4. The summed E-state index contributed by atoms with van der Waals surface area (Å²) < 4.78 is 5.35. The summed E-state index contributed by atoms with van der Waals surface area (Å²) in [5, 5.41) is 27.6. The van der Waals surface area contributed by atoms with Crippen LogP contribution in [0, 0.1) is 0 Å². The Kier molecular flexibility index (Phi) is 4.98. The SMILES string of the molecule is C=CCOc1ccc(CO)c(CO)c1CO. The third kappa shape index (κ3) is 2.61. The van der Waals surface area contributed by atoms with E-state index in [1.165, 1.54) is 0 Å². The highest BCUT2D eigenvalue weighted by atomic mass is 16.5. The zero-order chi connectivity index (χ0) is 12.0. The fraction of sp³-hybridized carbons (Fsp3) is 0.333. The van der Waals surface area contributed by atoms with Crippen molar-refractivity contribution in [1.29, 1.82) is 0 Å². The molecule has 0 spiro atoms. The third-order valence-electron chi connectivity index (χ3n) is 2.33. The van der Waals surface area contributed by atoms with Gasteiger partial charge in [0.25, 0.3) is 0 Å². The Morgan fingerprint density at radius 3 is 2.25 bits per heavy atom. The summed E-state index contributed by atoms with van der Waals surface area (Å²) in [6, 6.07) is 3.34. The van der Waals surface area contributed by atoms with Crippen LogP contribution < -0.4 is 4.74 Å². The van der Waals surface area contributed by atoms with Crippen molar-refractivity contribution in [2.45, 2.75) is 19.8 Å². The van der Waals surface area contributed by atoms with Gasteiger partial charge in [0.15, 0.2) is 0 Å². The lowest BCUT2D eigenvalue weighted by Crippen LogP contribution is -2.05. The molecule has 16 heavy (non-hydrogen) atoms. The molecule has 0 unspecified atom stereocenters. The molecule has 0 bridgehead atoms. The van der Waals surface area contributed by atoms with Crippen LogP contribution in [0.5, 0.6) is 5.75 Å². The van der Waals surface area contributed by atoms with Crippen LogP contribution in [0.1, 0.15) is 16.7 Å². The highest BCUT2D eigenvalue weighted by molar-refractivity contribution is 5.44. The topological polar surface area (TPSA) is 69.9 Å². The lowest BCUT2D eigenvalue weighted by molar-refractivity contribution is 0.241. The highest BCUT2D eigenvalue weighted by Gasteiger charge is 2.12. The minimum absolute atomic E-state index is 0.176. The fourth-order valence-electron chi connectivity index (χ4n) is 1.52. The Morgan fingerprint density at radius 2 is 1.75 bits per heavy atom. The summed E-state index contributed by atoms with van der Waals surface area (Å²) in [7, 11) is 0. The van der Waals surface area contributed by atoms with Crippen LogP contribution in [0.25, 0.3) is 0 Å². The molecule has 0 heterocycles. The fourth-order valence-corrected chi connectivity index (χ4v) is 1.52. The summed E-state index contributed by atoms with van der Waals surface area (Å²) in [6.45, 7) is 3.21. The minimum atomic E-state index is -0.240. The van der Waals surface area contributed by atoms with E-state index >= 15 is 0 Å². The van der Waals surface area contributed by atoms with Crippen molar-refractivity contribution in [1.82, 2.24) is 0 Å². The van der Waals surface area contributed by atoms with E-state index in [0.717, 1.165) is 0 Å². The molecule has 1 rings (SSSR count). The van der Waals surface area contributed by atoms with Gasteiger partial charge >= 0.3 is 0 Å². The Balaban J connectivity index is 3.14. The van der Waals surface area contributed by atoms with E-state index in [1.807, 2.05) is 0 Å². The van der Waals surface area contributed by atoms with Crippen LogP contribution in [0.3, 0.4) is 0 Å². The molecule has 0 radical (unpaired) electrons. The van der Waals surface area contributed by atoms with Gasteiger partial charge in [0, 0.05) is 5.56 Å². The van der Waals surface area contributed by atoms with Gasteiger partial charge in [-0.25, -0.2) is 0 Å². The molecule has 4 nitrogen and oxygen atoms in total. The predicted octanol–water partition coefficient (Wildman–Crippen LogP) is 0.728. The van der Waals surface area contributed by atoms with E-state index in [0.29, 0.717) is 29.0 Å². The second kappa shape index (κ2) is 6.27. The molecule has 0 saturated carbocycles. The third-order valence-corrected chi connectivity index (χ3v) is 2.33. The summed E-state index contributed by atoms with van der Waals surface area (Å²) in [5.41, 5.74) is 1.62. The van der Waals surface area contributed by atoms with Gasteiger partial charge in [-0.05, 0) is 17.2 Å². The predicted molar refractivity (Wildman–Crippen MR) is 59.9 cm³/mol. The van der Waals surface area contributed by atoms with E-state index in [4.69, 9.17) is 9.84 Å². The summed E-state index contributed by atoms with van der Waals surface area (Å²) in [5.74, 6) is 0.503. The molecule has 0 aliphatic heterocycles. The summed E-state index contributed by atoms with van der Waals surface area (Å²) >= 11 is 0. The van der Waals surface area contributed by atoms with Crippen molar-refractivity contribution in [2.75, 3.05) is 6.61 Å². The minimum Gasteiger partial charge on any atom is -0.489 e. The molecule has 0 aliphatic carbocycles. The van der Waals surface area contributed by atoms with E-state index in [1.54, 1.807) is 18.2 Å². The first-order valence-corrected chi connectivity index (χ1v) is 4.98. The van der Waals surface area contributed by atoms with Crippen molar-refractivity contribution < 1.29 is 20.1 Å². The van der Waals surface area contributed by atoms with Crippen LogP contribution >= 0.6 is 0 Å². The summed E-state index contributed by atoms with van der Waals surface area (Å²) in [6.07, 6.45) is 1.60. The van der Waals surface area contributed by atoms with Crippen LogP contribution in [0.2, 0.25) is 0 Å². The molecule has 0 atom stereocenters. The average molecular weight is 224 g/mol. The summed E-state index contributed by atoms with van der Waals surface area (Å²) in [4.78, 5) is 0. The normalized spacial score (nSPS) is 10.2. The number of hydrogen-bond donors (Lipinski definition) is 3. The molecular weight excluding hydrogens is 208 g/mol. The van der Waals surface area contributed by atoms with Crippen molar-refractivity contribution >= 4 is 0 Å². The number of aliphatic hydroxyl groups is 3. The molecule has 88 valence electrons. The maximum Gasteiger partial charge on any atom is 0.125 e. The van der Waals surface area contributed by atoms with E-state index in [2.05, 4.69) is 6.58 Å². The second-order valence-electron chi connectivity index (χ2n) is 3.25. The van der Waals surface area contributed by atoms with Gasteiger partial charge in [-0.15, -0.1) is 0 Å². The zero-order valence-corrected chi connectivity index (χ0v) is 9.02. The smallest absolute Gasteiger partial charge is 0.125 e. The van der Waals surface area contributed by atoms with Crippen LogP contribution in [0.4, 0.5) is 0 Å². The second-order valence-corrected chi connectivity index (χ2v) is 3.25. The van der Waals surface area contributed by atoms with E-state index in [9.17, 15) is 10.2 Å². The highest BCUT2D eigenvalue weighted by Crippen LogP contribution is 2.26. The Labute approximate surface area is 94.4 Å². The van der Waals surface area contributed by atoms with Gasteiger partial charge < -0.3 is 20.1 Å². The molecule has 3 N–H and O–H groups in total. The molecule has 0 amide bonds. The zero-order valence-electron chi connectivity index (χ0n) is 9.02. The van der Waals surface area contributed by atoms with E-state index in [-0.39, 0.29) is 19.8 Å². The Bertz CT molecular complexity index is 360. The van der Waals surface area contributed by atoms with Crippen molar-refractivity contribution in [3.05, 3.63) is 41.5 Å². The lowest BCUT2D eigenvalue weighted by Gasteiger charge is -2.15. The van der Waals surface area contributed by atoms with Crippen LogP contribution in [-0.2, 0) is 19.8 Å². The first kappa shape index (κ1) is 12.7. The maximum absolute atomic E-state index is 9.25. The monoisotopic (exact) mass is 224 g/mol. The van der Waals surface area contributed by atoms with Gasteiger partial charge in [0.2, 0.25) is 0 Å². The van der Waals surface area contributed by atoms with Crippen molar-refractivity contribution in [3.8, 4) is 5.75 Å². The average Bonchev–Trinajstić information content (AvgIpc) is 2.34. The molecule has 0 aromatic heterocycles. The molecule has 4 heteroatoms. The molecule has 1 aromatic rings. The number of ether oxygens (including phenoxy) is 1. The van der Waals surface area contributed by atoms with Crippen LogP contribution in [-0.4, -0.2) is 21.9 Å². The van der Waals surface area contributed by atoms with Gasteiger partial charge in [0.1, 0.15) is 12.4 Å². The number of benzene rings is 1. The molecule has 0 aliphatic rings. The lowest BCUT2D eigenvalue weighted by atomic mass is 10.0. The van der Waals surface area contributed by atoms with Crippen LogP contribution in [0.15, 0.2) is 24.8 Å². The first-order valence-electron chi connectivity index (χ1n) is 4.98. The van der Waals surface area contributed by atoms with Gasteiger partial charge in [0.05, 0.1) is 19.8 Å². The standard InChI is InChI=1S/C12H16O4/c1-2-5-16-12-4-3-9(6-13)10(7-14)11(12)8-15/h2-4,13-15H,1,5-8H2. The Hall–Kier alpha value is -1.36. The number of rotatable bonds is 6. The largest absolute Gasteiger partial charge is 0.489 e. The van der Waals surface area contributed by atoms with Crippen molar-refractivity contribution in [2.24, 2.45) is 0 Å². The number of aliphatic hydroxyl groups excluding tert-OH is 3. The molecule has 1 aromatic carbocycles. The maximum atomic E-state index is 9.25. The molecule has 0 fully saturated rings. The molecule has 0 saturated heterocycles.